The van der Waals surface area contributed by atoms with E-state index in [0.29, 0.717) is 0 Å². The molecule has 1 aromatic rings. The average Bonchev–Trinajstić information content (AvgIpc) is 2.28. The van der Waals surface area contributed by atoms with Crippen LogP contribution in [-0.4, -0.2) is 33.0 Å². The second-order valence-corrected chi connectivity index (χ2v) is 3.74. The van der Waals surface area contributed by atoms with E-state index in [-0.39, 0.29) is 35.0 Å². The highest BCUT2D eigenvalue weighted by Gasteiger charge is 2.20. The molecule has 0 spiro atoms. The average molecular weight is 259 g/mol. The Kier molecular flexibility index (Phi) is 4.48. The van der Waals surface area contributed by atoms with E-state index in [9.17, 15) is 19.8 Å². The number of carbonyl (C=O) groups excluding carboxylic acids is 1. The third-order valence-electron chi connectivity index (χ3n) is 2.19. The number of rotatable bonds is 5. The van der Waals surface area contributed by atoms with Gasteiger partial charge in [0.2, 0.25) is 0 Å². The molecule has 0 heterocycles. The van der Waals surface area contributed by atoms with Crippen LogP contribution in [-0.2, 0) is 16.0 Å². The Morgan fingerprint density at radius 3 is 2.53 bits per heavy atom. The number of benzene rings is 1. The normalized spacial score (nSPS) is 12.1. The lowest BCUT2D eigenvalue weighted by atomic mass is 9.98. The number of phenols is 1. The fourth-order valence-corrected chi connectivity index (χ4v) is 1.50. The summed E-state index contributed by atoms with van der Waals surface area (Å²) in [5.41, 5.74) is 0.333. The Morgan fingerprint density at radius 2 is 2.00 bits per heavy atom. The molecule has 0 radical (unpaired) electrons. The lowest BCUT2D eigenvalue weighted by molar-refractivity contribution is -0.147. The molecule has 1 unspecified atom stereocenters. The van der Waals surface area contributed by atoms with Crippen molar-refractivity contribution in [3.63, 3.8) is 0 Å². The molecule has 0 saturated carbocycles. The minimum Gasteiger partial charge on any atom is -0.508 e. The largest absolute Gasteiger partial charge is 0.508 e. The molecule has 0 fully saturated rings. The van der Waals surface area contributed by atoms with E-state index in [1.807, 2.05) is 0 Å². The van der Waals surface area contributed by atoms with Gasteiger partial charge in [0.25, 0.3) is 0 Å². The monoisotopic (exact) mass is 258 g/mol. The van der Waals surface area contributed by atoms with Crippen LogP contribution in [0.15, 0.2) is 18.2 Å². The van der Waals surface area contributed by atoms with Gasteiger partial charge in [-0.25, -0.2) is 4.79 Å². The topological polar surface area (TPSA) is 94.8 Å². The molecule has 1 atom stereocenters. The van der Waals surface area contributed by atoms with E-state index in [1.165, 1.54) is 18.2 Å². The van der Waals surface area contributed by atoms with Crippen LogP contribution < -0.4 is 0 Å². The van der Waals surface area contributed by atoms with Crippen LogP contribution in [0, 0.1) is 0 Å². The fourth-order valence-electron chi connectivity index (χ4n) is 1.40. The highest BCUT2D eigenvalue weighted by molar-refractivity contribution is 6.27. The minimum atomic E-state index is -1.73. The molecule has 3 N–H and O–H groups in total. The number of hydrogen-bond acceptors (Lipinski definition) is 4. The van der Waals surface area contributed by atoms with Crippen molar-refractivity contribution in [1.82, 2.24) is 0 Å². The van der Waals surface area contributed by atoms with Crippen LogP contribution in [0.25, 0.3) is 0 Å². The number of Topliss-reactive ketones (excluding diaryl/α,β-unsaturated/α-hetero) is 1. The molecule has 0 amide bonds. The molecular formula is C11H11ClO5. The number of aliphatic hydroxyl groups excluding tert-OH is 1. The quantitative estimate of drug-likeness (QED) is 0.681. The van der Waals surface area contributed by atoms with Gasteiger partial charge in [-0.2, -0.15) is 0 Å². The summed E-state index contributed by atoms with van der Waals surface area (Å²) in [4.78, 5) is 21.9. The SMILES string of the molecule is O=C(CCl)Cc1cc(O)ccc1C(O)C(=O)O. The Hall–Kier alpha value is -1.59. The maximum atomic E-state index is 11.2. The summed E-state index contributed by atoms with van der Waals surface area (Å²) < 4.78 is 0. The highest BCUT2D eigenvalue weighted by Crippen LogP contribution is 2.23. The van der Waals surface area contributed by atoms with Crippen molar-refractivity contribution in [3.8, 4) is 5.75 Å². The lowest BCUT2D eigenvalue weighted by Gasteiger charge is -2.12. The Labute approximate surface area is 102 Å². The Morgan fingerprint density at radius 1 is 1.35 bits per heavy atom. The zero-order chi connectivity index (χ0) is 13.0. The van der Waals surface area contributed by atoms with Crippen molar-refractivity contribution >= 4 is 23.4 Å². The molecule has 1 rings (SSSR count). The molecule has 1 aromatic carbocycles. The molecule has 17 heavy (non-hydrogen) atoms. The predicted molar refractivity (Wildman–Crippen MR) is 60.1 cm³/mol. The number of carbonyl (C=O) groups is 2. The summed E-state index contributed by atoms with van der Waals surface area (Å²) in [6, 6.07) is 3.76. The Balaban J connectivity index is 3.11. The molecule has 5 nitrogen and oxygen atoms in total. The van der Waals surface area contributed by atoms with Gasteiger partial charge in [0.05, 0.1) is 5.88 Å². The van der Waals surface area contributed by atoms with Gasteiger partial charge in [0, 0.05) is 6.42 Å². The maximum absolute atomic E-state index is 11.2. The summed E-state index contributed by atoms with van der Waals surface area (Å²) >= 11 is 5.35. The fraction of sp³-hybridized carbons (Fsp3) is 0.273. The summed E-state index contributed by atoms with van der Waals surface area (Å²) in [7, 11) is 0. The van der Waals surface area contributed by atoms with Crippen LogP contribution in [0.1, 0.15) is 17.2 Å². The number of hydrogen-bond donors (Lipinski definition) is 3. The van der Waals surface area contributed by atoms with E-state index in [4.69, 9.17) is 16.7 Å². The smallest absolute Gasteiger partial charge is 0.337 e. The molecular weight excluding hydrogens is 248 g/mol. The number of ketones is 1. The predicted octanol–water partition coefficient (Wildman–Crippen LogP) is 0.861. The van der Waals surface area contributed by atoms with Gasteiger partial charge in [-0.1, -0.05) is 6.07 Å². The van der Waals surface area contributed by atoms with Crippen LogP contribution in [0.3, 0.4) is 0 Å². The second kappa shape index (κ2) is 5.65. The van der Waals surface area contributed by atoms with E-state index in [1.54, 1.807) is 0 Å². The van der Waals surface area contributed by atoms with Gasteiger partial charge in [0.1, 0.15) is 5.75 Å². The van der Waals surface area contributed by atoms with Crippen molar-refractivity contribution in [2.45, 2.75) is 12.5 Å². The zero-order valence-electron chi connectivity index (χ0n) is 8.76. The molecule has 0 aliphatic carbocycles. The van der Waals surface area contributed by atoms with Crippen molar-refractivity contribution < 1.29 is 24.9 Å². The van der Waals surface area contributed by atoms with E-state index < -0.39 is 12.1 Å². The lowest BCUT2D eigenvalue weighted by Crippen LogP contribution is -2.15. The zero-order valence-corrected chi connectivity index (χ0v) is 9.52. The van der Waals surface area contributed by atoms with Crippen LogP contribution >= 0.6 is 11.6 Å². The number of aromatic hydroxyl groups is 1. The summed E-state index contributed by atoms with van der Waals surface area (Å²) in [5, 5.41) is 27.4. The molecule has 0 bridgehead atoms. The number of aliphatic carboxylic acids is 1. The molecule has 92 valence electrons. The second-order valence-electron chi connectivity index (χ2n) is 3.47. The van der Waals surface area contributed by atoms with Gasteiger partial charge in [-0.05, 0) is 23.3 Å². The molecule has 0 aliphatic heterocycles. The van der Waals surface area contributed by atoms with Crippen LogP contribution in [0.5, 0.6) is 5.75 Å². The first-order valence-electron chi connectivity index (χ1n) is 4.76. The van der Waals surface area contributed by atoms with E-state index in [2.05, 4.69) is 0 Å². The van der Waals surface area contributed by atoms with Gasteiger partial charge >= 0.3 is 5.97 Å². The summed E-state index contributed by atoms with van der Waals surface area (Å²) in [5.74, 6) is -2.06. The van der Waals surface area contributed by atoms with Crippen molar-refractivity contribution in [3.05, 3.63) is 29.3 Å². The first-order chi connectivity index (χ1) is 7.95. The van der Waals surface area contributed by atoms with Crippen molar-refractivity contribution in [2.75, 3.05) is 5.88 Å². The third kappa shape index (κ3) is 3.44. The highest BCUT2D eigenvalue weighted by atomic mass is 35.5. The van der Waals surface area contributed by atoms with Gasteiger partial charge in [0.15, 0.2) is 11.9 Å². The number of aliphatic hydroxyl groups is 1. The molecule has 6 heteroatoms. The third-order valence-corrected chi connectivity index (χ3v) is 2.49. The standard InChI is InChI=1S/C11H11ClO5/c12-5-8(14)4-6-3-7(13)1-2-9(6)10(15)11(16)17/h1-3,10,13,15H,4-5H2,(H,16,17). The molecule has 0 saturated heterocycles. The summed E-state index contributed by atoms with van der Waals surface area (Å²) in [6.45, 7) is 0. The number of phenolic OH excluding ortho intramolecular Hbond substituents is 1. The van der Waals surface area contributed by atoms with Crippen LogP contribution in [0.4, 0.5) is 0 Å². The first-order valence-corrected chi connectivity index (χ1v) is 5.29. The number of carboxylic acid groups (broad SMARTS) is 1. The maximum Gasteiger partial charge on any atom is 0.337 e. The minimum absolute atomic E-state index is 0.0776. The van der Waals surface area contributed by atoms with E-state index in [0.717, 1.165) is 0 Å². The Bertz CT molecular complexity index is 443. The van der Waals surface area contributed by atoms with Gasteiger partial charge in [-0.3, -0.25) is 4.79 Å². The van der Waals surface area contributed by atoms with Gasteiger partial charge in [-0.15, -0.1) is 11.6 Å². The summed E-state index contributed by atoms with van der Waals surface area (Å²) in [6.07, 6.45) is -1.86. The number of carboxylic acids is 1. The van der Waals surface area contributed by atoms with Crippen molar-refractivity contribution in [1.29, 1.82) is 0 Å². The van der Waals surface area contributed by atoms with E-state index >= 15 is 0 Å². The molecule has 0 aromatic heterocycles. The van der Waals surface area contributed by atoms with Crippen LogP contribution in [0.2, 0.25) is 0 Å². The van der Waals surface area contributed by atoms with Gasteiger partial charge < -0.3 is 15.3 Å². The molecule has 0 aliphatic rings. The first kappa shape index (κ1) is 13.5. The van der Waals surface area contributed by atoms with Crippen molar-refractivity contribution in [2.24, 2.45) is 0 Å². The number of alkyl halides is 1. The number of halogens is 1.